The molecule has 1 N–H and O–H groups in total. The van der Waals surface area contributed by atoms with Gasteiger partial charge in [0.25, 0.3) is 5.91 Å². The summed E-state index contributed by atoms with van der Waals surface area (Å²) in [5, 5.41) is 3.50. The van der Waals surface area contributed by atoms with Crippen LogP contribution in [0.1, 0.15) is 28.7 Å². The second-order valence-corrected chi connectivity index (χ2v) is 5.66. The van der Waals surface area contributed by atoms with Crippen LogP contribution in [0.3, 0.4) is 0 Å². The molecule has 20 heavy (non-hydrogen) atoms. The number of amides is 1. The first-order valence-electron chi connectivity index (χ1n) is 6.45. The Bertz CT molecular complexity index is 628. The lowest BCUT2D eigenvalue weighted by molar-refractivity contribution is 0.102. The third-order valence-electron chi connectivity index (χ3n) is 2.62. The predicted molar refractivity (Wildman–Crippen MR) is 82.3 cm³/mol. The fraction of sp³-hybridized carbons (Fsp3) is 0.267. The number of hydrogen-bond donors (Lipinski definition) is 1. The molecule has 0 bridgehead atoms. The minimum atomic E-state index is -0.209. The molecule has 0 unspecified atom stereocenters. The molecule has 1 amide bonds. The summed E-state index contributed by atoms with van der Waals surface area (Å²) in [6, 6.07) is 9.38. The van der Waals surface area contributed by atoms with Crippen LogP contribution in [0, 0.1) is 13.8 Å². The average Bonchev–Trinajstić information content (AvgIpc) is 2.38. The van der Waals surface area contributed by atoms with Crippen molar-refractivity contribution in [2.75, 3.05) is 11.1 Å². The summed E-state index contributed by atoms with van der Waals surface area (Å²) in [7, 11) is 0. The molecule has 5 heteroatoms. The number of anilines is 1. The number of nitrogens with one attached hydrogen (secondary N) is 1. The second-order valence-electron chi connectivity index (χ2n) is 4.43. The summed E-state index contributed by atoms with van der Waals surface area (Å²) in [5.41, 5.74) is 3.07. The van der Waals surface area contributed by atoms with E-state index in [9.17, 15) is 4.79 Å². The zero-order chi connectivity index (χ0) is 14.5. The van der Waals surface area contributed by atoms with Crippen molar-refractivity contribution in [3.8, 4) is 0 Å². The Morgan fingerprint density at radius 3 is 2.75 bits per heavy atom. The topological polar surface area (TPSA) is 54.9 Å². The molecule has 2 rings (SSSR count). The molecule has 0 radical (unpaired) electrons. The number of aryl methyl sites for hydroxylation is 2. The molecule has 0 aliphatic heterocycles. The number of nitrogens with zero attached hydrogens (tertiary/aromatic N) is 2. The molecule has 4 nitrogen and oxygen atoms in total. The lowest BCUT2D eigenvalue weighted by Crippen LogP contribution is -2.15. The van der Waals surface area contributed by atoms with E-state index in [4.69, 9.17) is 0 Å². The van der Waals surface area contributed by atoms with Crippen molar-refractivity contribution in [3.05, 3.63) is 47.3 Å². The average molecular weight is 287 g/mol. The second kappa shape index (κ2) is 6.52. The van der Waals surface area contributed by atoms with E-state index in [0.717, 1.165) is 22.7 Å². The SMILES string of the molecule is CCSc1nc(C)cc(C(=O)Nc2cccc(C)c2)n1. The summed E-state index contributed by atoms with van der Waals surface area (Å²) in [4.78, 5) is 20.8. The Kier molecular flexibility index (Phi) is 4.74. The van der Waals surface area contributed by atoms with Gasteiger partial charge in [0.15, 0.2) is 5.16 Å². The fourth-order valence-electron chi connectivity index (χ4n) is 1.77. The van der Waals surface area contributed by atoms with Gasteiger partial charge in [-0.3, -0.25) is 4.79 Å². The molecular formula is C15H17N3OS. The summed E-state index contributed by atoms with van der Waals surface area (Å²) in [5.74, 6) is 0.668. The number of carbonyl (C=O) groups excluding carboxylic acids is 1. The van der Waals surface area contributed by atoms with Crippen LogP contribution in [-0.4, -0.2) is 21.6 Å². The van der Waals surface area contributed by atoms with E-state index in [1.54, 1.807) is 6.07 Å². The predicted octanol–water partition coefficient (Wildman–Crippen LogP) is 3.46. The summed E-state index contributed by atoms with van der Waals surface area (Å²) >= 11 is 1.53. The maximum Gasteiger partial charge on any atom is 0.274 e. The van der Waals surface area contributed by atoms with Gasteiger partial charge >= 0.3 is 0 Å². The number of benzene rings is 1. The van der Waals surface area contributed by atoms with Crippen molar-refractivity contribution in [2.24, 2.45) is 0 Å². The zero-order valence-corrected chi connectivity index (χ0v) is 12.6. The number of thioether (sulfide) groups is 1. The lowest BCUT2D eigenvalue weighted by Gasteiger charge is -2.07. The molecule has 1 aromatic heterocycles. The van der Waals surface area contributed by atoms with Gasteiger partial charge in [-0.25, -0.2) is 9.97 Å². The van der Waals surface area contributed by atoms with E-state index < -0.39 is 0 Å². The van der Waals surface area contributed by atoms with Crippen LogP contribution in [-0.2, 0) is 0 Å². The number of rotatable bonds is 4. The Labute approximate surface area is 123 Å². The first-order chi connectivity index (χ1) is 9.58. The van der Waals surface area contributed by atoms with E-state index in [0.29, 0.717) is 10.9 Å². The summed E-state index contributed by atoms with van der Waals surface area (Å²) in [6.07, 6.45) is 0. The van der Waals surface area contributed by atoms with Gasteiger partial charge in [-0.1, -0.05) is 30.8 Å². The molecule has 0 saturated carbocycles. The van der Waals surface area contributed by atoms with Crippen molar-refractivity contribution in [1.29, 1.82) is 0 Å². The monoisotopic (exact) mass is 287 g/mol. The Morgan fingerprint density at radius 2 is 2.05 bits per heavy atom. The highest BCUT2D eigenvalue weighted by molar-refractivity contribution is 7.99. The third kappa shape index (κ3) is 3.81. The molecule has 0 aliphatic carbocycles. The molecule has 0 saturated heterocycles. The van der Waals surface area contributed by atoms with Gasteiger partial charge < -0.3 is 5.32 Å². The smallest absolute Gasteiger partial charge is 0.274 e. The first-order valence-corrected chi connectivity index (χ1v) is 7.43. The molecule has 0 aliphatic rings. The quantitative estimate of drug-likeness (QED) is 0.691. The minimum Gasteiger partial charge on any atom is -0.321 e. The normalized spacial score (nSPS) is 10.3. The van der Waals surface area contributed by atoms with E-state index in [-0.39, 0.29) is 5.91 Å². The summed E-state index contributed by atoms with van der Waals surface area (Å²) < 4.78 is 0. The lowest BCUT2D eigenvalue weighted by atomic mass is 10.2. The minimum absolute atomic E-state index is 0.209. The van der Waals surface area contributed by atoms with Crippen molar-refractivity contribution < 1.29 is 4.79 Å². The molecule has 0 atom stereocenters. The van der Waals surface area contributed by atoms with Crippen molar-refractivity contribution in [2.45, 2.75) is 25.9 Å². The Morgan fingerprint density at radius 1 is 1.25 bits per heavy atom. The van der Waals surface area contributed by atoms with E-state index in [1.165, 1.54) is 11.8 Å². The van der Waals surface area contributed by atoms with Gasteiger partial charge in [0.1, 0.15) is 5.69 Å². The Balaban J connectivity index is 2.20. The van der Waals surface area contributed by atoms with E-state index in [2.05, 4.69) is 15.3 Å². The van der Waals surface area contributed by atoms with Gasteiger partial charge in [-0.15, -0.1) is 0 Å². The molecule has 104 valence electrons. The largest absolute Gasteiger partial charge is 0.321 e. The van der Waals surface area contributed by atoms with Gasteiger partial charge in [0.05, 0.1) is 0 Å². The molecule has 2 aromatic rings. The highest BCUT2D eigenvalue weighted by Gasteiger charge is 2.11. The molecule has 1 aromatic carbocycles. The Hall–Kier alpha value is -1.88. The molecular weight excluding hydrogens is 270 g/mol. The van der Waals surface area contributed by atoms with Gasteiger partial charge in [0, 0.05) is 11.4 Å². The number of aromatic nitrogens is 2. The zero-order valence-electron chi connectivity index (χ0n) is 11.8. The van der Waals surface area contributed by atoms with E-state index in [1.807, 2.05) is 45.0 Å². The van der Waals surface area contributed by atoms with E-state index >= 15 is 0 Å². The molecule has 0 fully saturated rings. The van der Waals surface area contributed by atoms with Gasteiger partial charge in [-0.05, 0) is 43.4 Å². The molecule has 1 heterocycles. The highest BCUT2D eigenvalue weighted by atomic mass is 32.2. The fourth-order valence-corrected chi connectivity index (χ4v) is 2.40. The molecule has 0 spiro atoms. The standard InChI is InChI=1S/C15H17N3OS/c1-4-20-15-16-11(3)9-13(18-15)14(19)17-12-7-5-6-10(2)8-12/h5-9H,4H2,1-3H3,(H,17,19). The van der Waals surface area contributed by atoms with Gasteiger partial charge in [0.2, 0.25) is 0 Å². The van der Waals surface area contributed by atoms with Crippen molar-refractivity contribution in [1.82, 2.24) is 9.97 Å². The van der Waals surface area contributed by atoms with Crippen LogP contribution in [0.25, 0.3) is 0 Å². The maximum absolute atomic E-state index is 12.2. The first kappa shape index (κ1) is 14.5. The number of carbonyl (C=O) groups is 1. The van der Waals surface area contributed by atoms with Crippen LogP contribution >= 0.6 is 11.8 Å². The van der Waals surface area contributed by atoms with Crippen LogP contribution < -0.4 is 5.32 Å². The van der Waals surface area contributed by atoms with Crippen LogP contribution in [0.5, 0.6) is 0 Å². The van der Waals surface area contributed by atoms with Crippen LogP contribution in [0.4, 0.5) is 5.69 Å². The van der Waals surface area contributed by atoms with Crippen molar-refractivity contribution >= 4 is 23.4 Å². The van der Waals surface area contributed by atoms with Gasteiger partial charge in [-0.2, -0.15) is 0 Å². The van der Waals surface area contributed by atoms with Crippen LogP contribution in [0.2, 0.25) is 0 Å². The number of hydrogen-bond acceptors (Lipinski definition) is 4. The van der Waals surface area contributed by atoms with Crippen LogP contribution in [0.15, 0.2) is 35.5 Å². The summed E-state index contributed by atoms with van der Waals surface area (Å²) in [6.45, 7) is 5.88. The third-order valence-corrected chi connectivity index (χ3v) is 3.35. The van der Waals surface area contributed by atoms with Crippen molar-refractivity contribution in [3.63, 3.8) is 0 Å². The highest BCUT2D eigenvalue weighted by Crippen LogP contribution is 2.15. The maximum atomic E-state index is 12.2.